The molecule has 6 nitrogen and oxygen atoms in total. The van der Waals surface area contributed by atoms with Crippen molar-refractivity contribution in [2.45, 2.75) is 44.9 Å². The van der Waals surface area contributed by atoms with Crippen LogP contribution in [0.4, 0.5) is 4.79 Å². The SMILES string of the molecule is C[C@H](Cn1cccn1)NC(=O)N(Cc1ccc(O)cc1)C1CC1. The molecular formula is C17H22N4O2. The third-order valence-corrected chi connectivity index (χ3v) is 3.93. The molecule has 0 saturated heterocycles. The Morgan fingerprint density at radius 3 is 2.78 bits per heavy atom. The predicted octanol–water partition coefficient (Wildman–Crippen LogP) is 2.35. The number of aromatic nitrogens is 2. The summed E-state index contributed by atoms with van der Waals surface area (Å²) in [5.74, 6) is 0.240. The lowest BCUT2D eigenvalue weighted by molar-refractivity contribution is 0.187. The number of urea groups is 1. The number of rotatable bonds is 6. The van der Waals surface area contributed by atoms with Crippen molar-refractivity contribution in [2.75, 3.05) is 0 Å². The standard InChI is InChI=1S/C17H22N4O2/c1-13(11-20-10-2-9-18-20)19-17(23)21(15-5-6-15)12-14-3-7-16(22)8-4-14/h2-4,7-10,13,15,22H,5-6,11-12H2,1H3,(H,19,23)/t13-/m1/s1. The molecule has 1 atom stereocenters. The van der Waals surface area contributed by atoms with Crippen LogP contribution in [0.25, 0.3) is 0 Å². The minimum absolute atomic E-state index is 0.00321. The largest absolute Gasteiger partial charge is 0.508 e. The first-order chi connectivity index (χ1) is 11.1. The van der Waals surface area contributed by atoms with Gasteiger partial charge in [0.15, 0.2) is 0 Å². The first-order valence-electron chi connectivity index (χ1n) is 7.94. The molecule has 6 heteroatoms. The number of phenolic OH excluding ortho intramolecular Hbond substituents is 1. The Hall–Kier alpha value is -2.50. The van der Waals surface area contributed by atoms with E-state index in [1.54, 1.807) is 18.3 Å². The molecule has 23 heavy (non-hydrogen) atoms. The number of amides is 2. The van der Waals surface area contributed by atoms with Crippen molar-refractivity contribution in [1.82, 2.24) is 20.0 Å². The zero-order valence-electron chi connectivity index (χ0n) is 13.2. The normalized spacial score (nSPS) is 15.2. The summed E-state index contributed by atoms with van der Waals surface area (Å²) in [5, 5.41) is 16.6. The maximum atomic E-state index is 12.6. The molecule has 1 aliphatic rings. The highest BCUT2D eigenvalue weighted by atomic mass is 16.3. The second-order valence-electron chi connectivity index (χ2n) is 6.10. The van der Waals surface area contributed by atoms with Crippen LogP contribution in [0, 0.1) is 0 Å². The summed E-state index contributed by atoms with van der Waals surface area (Å²) in [7, 11) is 0. The second-order valence-corrected chi connectivity index (χ2v) is 6.10. The number of carbonyl (C=O) groups excluding carboxylic acids is 1. The lowest BCUT2D eigenvalue weighted by Crippen LogP contribution is -2.45. The van der Waals surface area contributed by atoms with Crippen LogP contribution < -0.4 is 5.32 Å². The highest BCUT2D eigenvalue weighted by Crippen LogP contribution is 2.28. The van der Waals surface area contributed by atoms with E-state index in [4.69, 9.17) is 0 Å². The van der Waals surface area contributed by atoms with Gasteiger partial charge in [0.2, 0.25) is 0 Å². The fraction of sp³-hybridized carbons (Fsp3) is 0.412. The topological polar surface area (TPSA) is 70.4 Å². The zero-order valence-corrected chi connectivity index (χ0v) is 13.2. The van der Waals surface area contributed by atoms with Crippen LogP contribution in [0.15, 0.2) is 42.7 Å². The molecule has 0 aliphatic heterocycles. The molecule has 1 aliphatic carbocycles. The Kier molecular flexibility index (Phi) is 4.50. The van der Waals surface area contributed by atoms with Crippen molar-refractivity contribution in [1.29, 1.82) is 0 Å². The summed E-state index contributed by atoms with van der Waals surface area (Å²) in [5.41, 5.74) is 1.02. The van der Waals surface area contributed by atoms with E-state index in [0.717, 1.165) is 18.4 Å². The highest BCUT2D eigenvalue weighted by molar-refractivity contribution is 5.75. The summed E-state index contributed by atoms with van der Waals surface area (Å²) in [6.45, 7) is 3.19. The van der Waals surface area contributed by atoms with E-state index < -0.39 is 0 Å². The molecule has 0 spiro atoms. The van der Waals surface area contributed by atoms with E-state index >= 15 is 0 Å². The summed E-state index contributed by atoms with van der Waals surface area (Å²) in [4.78, 5) is 14.5. The van der Waals surface area contributed by atoms with Crippen LogP contribution in [-0.4, -0.2) is 37.9 Å². The fourth-order valence-corrected chi connectivity index (χ4v) is 2.58. The Morgan fingerprint density at radius 2 is 2.17 bits per heavy atom. The van der Waals surface area contributed by atoms with Gasteiger partial charge in [-0.15, -0.1) is 0 Å². The lowest BCUT2D eigenvalue weighted by atomic mass is 10.2. The van der Waals surface area contributed by atoms with E-state index in [-0.39, 0.29) is 17.8 Å². The third-order valence-electron chi connectivity index (χ3n) is 3.93. The van der Waals surface area contributed by atoms with Gasteiger partial charge >= 0.3 is 6.03 Å². The second kappa shape index (κ2) is 6.73. The summed E-state index contributed by atoms with van der Waals surface area (Å²) in [6, 6.07) is 9.16. The quantitative estimate of drug-likeness (QED) is 0.860. The molecule has 2 amide bonds. The monoisotopic (exact) mass is 314 g/mol. The van der Waals surface area contributed by atoms with Gasteiger partial charge in [-0.2, -0.15) is 5.10 Å². The van der Waals surface area contributed by atoms with Crippen molar-refractivity contribution in [3.63, 3.8) is 0 Å². The molecule has 2 N–H and O–H groups in total. The van der Waals surface area contributed by atoms with Gasteiger partial charge in [0.05, 0.1) is 6.54 Å². The smallest absolute Gasteiger partial charge is 0.318 e. The number of hydrogen-bond donors (Lipinski definition) is 2. The molecule has 1 aromatic heterocycles. The molecule has 1 aromatic carbocycles. The first-order valence-corrected chi connectivity index (χ1v) is 7.94. The molecule has 0 bridgehead atoms. The van der Waals surface area contributed by atoms with E-state index in [0.29, 0.717) is 19.1 Å². The Bertz CT molecular complexity index is 635. The number of nitrogens with one attached hydrogen (secondary N) is 1. The van der Waals surface area contributed by atoms with Crippen LogP contribution in [0.3, 0.4) is 0 Å². The van der Waals surface area contributed by atoms with Crippen molar-refractivity contribution < 1.29 is 9.90 Å². The Labute approximate surface area is 135 Å². The van der Waals surface area contributed by atoms with Gasteiger partial charge in [0.1, 0.15) is 5.75 Å². The minimum atomic E-state index is -0.0415. The average Bonchev–Trinajstić information content (AvgIpc) is 3.23. The van der Waals surface area contributed by atoms with Gasteiger partial charge in [0.25, 0.3) is 0 Å². The predicted molar refractivity (Wildman–Crippen MR) is 86.9 cm³/mol. The highest BCUT2D eigenvalue weighted by Gasteiger charge is 2.33. The van der Waals surface area contributed by atoms with Gasteiger partial charge < -0.3 is 15.3 Å². The Morgan fingerprint density at radius 1 is 1.43 bits per heavy atom. The number of benzene rings is 1. The van der Waals surface area contributed by atoms with Crippen molar-refractivity contribution in [2.24, 2.45) is 0 Å². The van der Waals surface area contributed by atoms with Crippen molar-refractivity contribution in [3.8, 4) is 5.75 Å². The van der Waals surface area contributed by atoms with Gasteiger partial charge in [-0.1, -0.05) is 12.1 Å². The van der Waals surface area contributed by atoms with E-state index in [9.17, 15) is 9.90 Å². The van der Waals surface area contributed by atoms with Gasteiger partial charge in [0, 0.05) is 31.0 Å². The number of hydrogen-bond acceptors (Lipinski definition) is 3. The number of carbonyl (C=O) groups is 1. The first kappa shape index (κ1) is 15.4. The summed E-state index contributed by atoms with van der Waals surface area (Å²) >= 11 is 0. The maximum absolute atomic E-state index is 12.6. The van der Waals surface area contributed by atoms with Gasteiger partial charge in [-0.3, -0.25) is 4.68 Å². The van der Waals surface area contributed by atoms with E-state index in [1.165, 1.54) is 0 Å². The summed E-state index contributed by atoms with van der Waals surface area (Å²) in [6.07, 6.45) is 5.73. The van der Waals surface area contributed by atoms with Crippen molar-refractivity contribution >= 4 is 6.03 Å². The number of phenols is 1. The number of aromatic hydroxyl groups is 1. The molecule has 0 radical (unpaired) electrons. The summed E-state index contributed by atoms with van der Waals surface area (Å²) < 4.78 is 1.81. The molecule has 1 fully saturated rings. The molecule has 1 heterocycles. The lowest BCUT2D eigenvalue weighted by Gasteiger charge is -2.25. The Balaban J connectivity index is 1.59. The number of nitrogens with zero attached hydrogens (tertiary/aromatic N) is 3. The van der Waals surface area contributed by atoms with Gasteiger partial charge in [-0.25, -0.2) is 4.79 Å². The average molecular weight is 314 g/mol. The molecule has 2 aromatic rings. The van der Waals surface area contributed by atoms with E-state index in [1.807, 2.05) is 40.9 Å². The van der Waals surface area contributed by atoms with Crippen molar-refractivity contribution in [3.05, 3.63) is 48.3 Å². The molecule has 122 valence electrons. The fourth-order valence-electron chi connectivity index (χ4n) is 2.58. The third kappa shape index (κ3) is 4.25. The van der Waals surface area contributed by atoms with Crippen LogP contribution in [0.1, 0.15) is 25.3 Å². The molecule has 3 rings (SSSR count). The zero-order chi connectivity index (χ0) is 16.2. The molecular weight excluding hydrogens is 292 g/mol. The van der Waals surface area contributed by atoms with Crippen LogP contribution in [-0.2, 0) is 13.1 Å². The minimum Gasteiger partial charge on any atom is -0.508 e. The van der Waals surface area contributed by atoms with Crippen LogP contribution in [0.2, 0.25) is 0 Å². The molecule has 1 saturated carbocycles. The maximum Gasteiger partial charge on any atom is 0.318 e. The molecule has 0 unspecified atom stereocenters. The van der Waals surface area contributed by atoms with Crippen LogP contribution in [0.5, 0.6) is 5.75 Å². The van der Waals surface area contributed by atoms with Gasteiger partial charge in [-0.05, 0) is 43.5 Å². The van der Waals surface area contributed by atoms with E-state index in [2.05, 4.69) is 10.4 Å². The van der Waals surface area contributed by atoms with Crippen LogP contribution >= 0.6 is 0 Å².